The van der Waals surface area contributed by atoms with Crippen molar-refractivity contribution in [1.82, 2.24) is 5.32 Å². The highest BCUT2D eigenvalue weighted by Gasteiger charge is 2.19. The number of nitrogens with one attached hydrogen (secondary N) is 1. The van der Waals surface area contributed by atoms with E-state index in [0.717, 1.165) is 0 Å². The standard InChI is InChI=1S/C11H15BrN2O4/c1-11(16,7-15)6-13-5-8-2-3-9(12)4-10(8)14(17)18/h2-4,13,15-16H,5-7H2,1H3. The minimum absolute atomic E-state index is 0.0144. The SMILES string of the molecule is CC(O)(CO)CNCc1ccc(Br)cc1[N+](=O)[O-]. The Morgan fingerprint density at radius 3 is 2.78 bits per heavy atom. The van der Waals surface area contributed by atoms with E-state index < -0.39 is 10.5 Å². The number of nitro benzene ring substituents is 1. The molecule has 0 saturated carbocycles. The molecule has 18 heavy (non-hydrogen) atoms. The zero-order chi connectivity index (χ0) is 13.8. The van der Waals surface area contributed by atoms with E-state index in [2.05, 4.69) is 21.2 Å². The topological polar surface area (TPSA) is 95.6 Å². The molecule has 1 atom stereocenters. The van der Waals surface area contributed by atoms with Crippen molar-refractivity contribution < 1.29 is 15.1 Å². The molecule has 1 aromatic carbocycles. The van der Waals surface area contributed by atoms with Crippen molar-refractivity contribution >= 4 is 21.6 Å². The fourth-order valence-corrected chi connectivity index (χ4v) is 1.73. The number of aliphatic hydroxyl groups is 2. The van der Waals surface area contributed by atoms with Crippen LogP contribution >= 0.6 is 15.9 Å². The summed E-state index contributed by atoms with van der Waals surface area (Å²) in [5.74, 6) is 0. The molecule has 0 aliphatic carbocycles. The molecule has 100 valence electrons. The second-order valence-electron chi connectivity index (χ2n) is 4.29. The maximum absolute atomic E-state index is 10.9. The minimum Gasteiger partial charge on any atom is -0.393 e. The van der Waals surface area contributed by atoms with Crippen LogP contribution in [0.2, 0.25) is 0 Å². The van der Waals surface area contributed by atoms with Gasteiger partial charge in [0.15, 0.2) is 0 Å². The molecule has 7 heteroatoms. The zero-order valence-electron chi connectivity index (χ0n) is 9.89. The highest BCUT2D eigenvalue weighted by atomic mass is 79.9. The largest absolute Gasteiger partial charge is 0.393 e. The van der Waals surface area contributed by atoms with Gasteiger partial charge in [0.2, 0.25) is 0 Å². The monoisotopic (exact) mass is 318 g/mol. The number of aliphatic hydroxyl groups excluding tert-OH is 1. The van der Waals surface area contributed by atoms with E-state index in [1.807, 2.05) is 0 Å². The molecule has 0 heterocycles. The van der Waals surface area contributed by atoms with Gasteiger partial charge in [-0.2, -0.15) is 0 Å². The van der Waals surface area contributed by atoms with Gasteiger partial charge in [-0.25, -0.2) is 0 Å². The van der Waals surface area contributed by atoms with E-state index in [1.54, 1.807) is 12.1 Å². The summed E-state index contributed by atoms with van der Waals surface area (Å²) >= 11 is 3.18. The molecule has 0 bridgehead atoms. The summed E-state index contributed by atoms with van der Waals surface area (Å²) in [5.41, 5.74) is -0.693. The minimum atomic E-state index is -1.23. The normalized spacial score (nSPS) is 14.2. The average molecular weight is 319 g/mol. The first-order valence-electron chi connectivity index (χ1n) is 5.32. The first-order chi connectivity index (χ1) is 8.35. The third-order valence-corrected chi connectivity index (χ3v) is 2.90. The summed E-state index contributed by atoms with van der Waals surface area (Å²) < 4.78 is 0.639. The quantitative estimate of drug-likeness (QED) is 0.541. The first-order valence-corrected chi connectivity index (χ1v) is 6.12. The molecule has 6 nitrogen and oxygen atoms in total. The number of nitro groups is 1. The molecule has 1 unspecified atom stereocenters. The summed E-state index contributed by atoms with van der Waals surface area (Å²) in [7, 11) is 0. The lowest BCUT2D eigenvalue weighted by Gasteiger charge is -2.20. The molecule has 1 aromatic rings. The maximum Gasteiger partial charge on any atom is 0.275 e. The smallest absolute Gasteiger partial charge is 0.275 e. The van der Waals surface area contributed by atoms with E-state index in [4.69, 9.17) is 5.11 Å². The summed E-state index contributed by atoms with van der Waals surface area (Å²) in [4.78, 5) is 10.4. The van der Waals surface area contributed by atoms with Crippen LogP contribution < -0.4 is 5.32 Å². The van der Waals surface area contributed by atoms with Crippen molar-refractivity contribution in [2.24, 2.45) is 0 Å². The third-order valence-electron chi connectivity index (χ3n) is 2.41. The van der Waals surface area contributed by atoms with E-state index in [9.17, 15) is 15.2 Å². The Morgan fingerprint density at radius 1 is 1.56 bits per heavy atom. The fraction of sp³-hybridized carbons (Fsp3) is 0.455. The van der Waals surface area contributed by atoms with E-state index in [0.29, 0.717) is 10.0 Å². The van der Waals surface area contributed by atoms with Crippen molar-refractivity contribution in [2.75, 3.05) is 13.2 Å². The lowest BCUT2D eigenvalue weighted by molar-refractivity contribution is -0.385. The van der Waals surface area contributed by atoms with Gasteiger partial charge in [0.05, 0.1) is 17.1 Å². The van der Waals surface area contributed by atoms with Crippen molar-refractivity contribution in [3.63, 3.8) is 0 Å². The third kappa shape index (κ3) is 4.34. The Labute approximate surface area is 113 Å². The molecule has 0 saturated heterocycles. The second-order valence-corrected chi connectivity index (χ2v) is 5.20. The van der Waals surface area contributed by atoms with Crippen LogP contribution in [0.15, 0.2) is 22.7 Å². The van der Waals surface area contributed by atoms with E-state index in [1.165, 1.54) is 13.0 Å². The van der Waals surface area contributed by atoms with Gasteiger partial charge in [0.25, 0.3) is 5.69 Å². The van der Waals surface area contributed by atoms with Crippen LogP contribution in [0.3, 0.4) is 0 Å². The first kappa shape index (κ1) is 15.0. The Balaban J connectivity index is 2.70. The summed E-state index contributed by atoms with van der Waals surface area (Å²) in [6.07, 6.45) is 0. The maximum atomic E-state index is 10.9. The fourth-order valence-electron chi connectivity index (χ4n) is 1.38. The molecule has 3 N–H and O–H groups in total. The predicted octanol–water partition coefficient (Wildman–Crippen LogP) is 1.19. The van der Waals surface area contributed by atoms with Gasteiger partial charge in [0.1, 0.15) is 0 Å². The van der Waals surface area contributed by atoms with Crippen molar-refractivity contribution in [3.05, 3.63) is 38.3 Å². The molecule has 0 spiro atoms. The number of hydrogen-bond donors (Lipinski definition) is 3. The molecule has 0 aromatic heterocycles. The van der Waals surface area contributed by atoms with Crippen LogP contribution in [-0.4, -0.2) is 33.9 Å². The lowest BCUT2D eigenvalue weighted by Crippen LogP contribution is -2.40. The van der Waals surface area contributed by atoms with E-state index in [-0.39, 0.29) is 25.4 Å². The van der Waals surface area contributed by atoms with Crippen molar-refractivity contribution in [2.45, 2.75) is 19.1 Å². The van der Waals surface area contributed by atoms with Crippen LogP contribution in [0.4, 0.5) is 5.69 Å². The zero-order valence-corrected chi connectivity index (χ0v) is 11.5. The second kappa shape index (κ2) is 6.24. The highest BCUT2D eigenvalue weighted by molar-refractivity contribution is 9.10. The highest BCUT2D eigenvalue weighted by Crippen LogP contribution is 2.23. The van der Waals surface area contributed by atoms with Crippen molar-refractivity contribution in [1.29, 1.82) is 0 Å². The molecular formula is C11H15BrN2O4. The van der Waals surface area contributed by atoms with Gasteiger partial charge in [-0.1, -0.05) is 15.9 Å². The predicted molar refractivity (Wildman–Crippen MR) is 70.2 cm³/mol. The van der Waals surface area contributed by atoms with Crippen LogP contribution in [0.5, 0.6) is 0 Å². The molecule has 0 aliphatic heterocycles. The Morgan fingerprint density at radius 2 is 2.22 bits per heavy atom. The summed E-state index contributed by atoms with van der Waals surface area (Å²) in [6, 6.07) is 4.79. The molecular weight excluding hydrogens is 304 g/mol. The Hall–Kier alpha value is -1.02. The number of rotatable bonds is 6. The van der Waals surface area contributed by atoms with Gasteiger partial charge in [-0.05, 0) is 19.1 Å². The number of halogens is 1. The molecule has 0 fully saturated rings. The average Bonchev–Trinajstić information content (AvgIpc) is 2.30. The van der Waals surface area contributed by atoms with Gasteiger partial charge in [-0.3, -0.25) is 10.1 Å². The van der Waals surface area contributed by atoms with Crippen LogP contribution in [-0.2, 0) is 6.54 Å². The van der Waals surface area contributed by atoms with E-state index >= 15 is 0 Å². The lowest BCUT2D eigenvalue weighted by atomic mass is 10.1. The van der Waals surface area contributed by atoms with Gasteiger partial charge < -0.3 is 15.5 Å². The van der Waals surface area contributed by atoms with Gasteiger partial charge >= 0.3 is 0 Å². The van der Waals surface area contributed by atoms with Crippen LogP contribution in [0, 0.1) is 10.1 Å². The molecule has 0 radical (unpaired) electrons. The molecule has 0 aliphatic rings. The number of benzene rings is 1. The van der Waals surface area contributed by atoms with Crippen molar-refractivity contribution in [3.8, 4) is 0 Å². The van der Waals surface area contributed by atoms with Crippen LogP contribution in [0.25, 0.3) is 0 Å². The summed E-state index contributed by atoms with van der Waals surface area (Å²) in [5, 5.41) is 32.2. The summed E-state index contributed by atoms with van der Waals surface area (Å²) in [6.45, 7) is 1.51. The molecule has 0 amide bonds. The molecule has 1 rings (SSSR count). The number of nitrogens with zero attached hydrogens (tertiary/aromatic N) is 1. The Kier molecular flexibility index (Phi) is 5.21. The number of hydrogen-bond acceptors (Lipinski definition) is 5. The Bertz CT molecular complexity index is 437. The van der Waals surface area contributed by atoms with Gasteiger partial charge in [0, 0.05) is 29.2 Å². The van der Waals surface area contributed by atoms with Crippen LogP contribution in [0.1, 0.15) is 12.5 Å². The van der Waals surface area contributed by atoms with Gasteiger partial charge in [-0.15, -0.1) is 0 Å².